The maximum atomic E-state index is 12.0. The van der Waals surface area contributed by atoms with Crippen LogP contribution in [0.3, 0.4) is 0 Å². The molecule has 0 unspecified atom stereocenters. The van der Waals surface area contributed by atoms with Crippen molar-refractivity contribution in [3.8, 4) is 0 Å². The molecule has 0 aliphatic carbocycles. The molecule has 0 aromatic heterocycles. The Morgan fingerprint density at radius 1 is 1.24 bits per heavy atom. The molecule has 1 heterocycles. The first-order chi connectivity index (χ1) is 8.01. The Morgan fingerprint density at radius 2 is 1.88 bits per heavy atom. The van der Waals surface area contributed by atoms with Crippen LogP contribution in [0.15, 0.2) is 40.1 Å². The lowest BCUT2D eigenvalue weighted by Crippen LogP contribution is -2.06. The molecule has 0 saturated heterocycles. The van der Waals surface area contributed by atoms with Gasteiger partial charge in [-0.25, -0.2) is 8.42 Å². The molecule has 1 aromatic rings. The highest BCUT2D eigenvalue weighted by molar-refractivity contribution is 7.95. The first-order valence-electron chi connectivity index (χ1n) is 4.78. The molecule has 17 heavy (non-hydrogen) atoms. The van der Waals surface area contributed by atoms with Gasteiger partial charge in [0.25, 0.3) is 5.69 Å². The molecule has 6 nitrogen and oxygen atoms in total. The van der Waals surface area contributed by atoms with Gasteiger partial charge < -0.3 is 4.74 Å². The molecular weight excluding hydrogens is 246 g/mol. The normalized spacial score (nSPS) is 15.6. The van der Waals surface area contributed by atoms with E-state index in [1.165, 1.54) is 30.3 Å². The van der Waals surface area contributed by atoms with E-state index < -0.39 is 14.8 Å². The summed E-state index contributed by atoms with van der Waals surface area (Å²) in [6, 6.07) is 4.80. The van der Waals surface area contributed by atoms with E-state index in [1.54, 1.807) is 0 Å². The number of nitro groups is 1. The SMILES string of the molecule is O=[N+]([O-])c1ccc(S(=O)(=O)C2=CCOC2)cc1. The second-order valence-electron chi connectivity index (χ2n) is 3.44. The number of hydrogen-bond donors (Lipinski definition) is 0. The molecule has 0 fully saturated rings. The van der Waals surface area contributed by atoms with Gasteiger partial charge in [0.2, 0.25) is 9.84 Å². The maximum Gasteiger partial charge on any atom is 0.269 e. The van der Waals surface area contributed by atoms with Crippen LogP contribution in [0.5, 0.6) is 0 Å². The van der Waals surface area contributed by atoms with E-state index in [-0.39, 0.29) is 28.7 Å². The van der Waals surface area contributed by atoms with E-state index in [1.807, 2.05) is 0 Å². The number of ether oxygens (including phenoxy) is 1. The standard InChI is InChI=1S/C10H9NO5S/c12-11(13)8-1-3-9(4-2-8)17(14,15)10-5-6-16-7-10/h1-5H,6-7H2. The van der Waals surface area contributed by atoms with E-state index in [0.29, 0.717) is 0 Å². The Labute approximate surface area is 97.6 Å². The summed E-state index contributed by atoms with van der Waals surface area (Å²) in [5.74, 6) is 0. The second kappa shape index (κ2) is 4.27. The lowest BCUT2D eigenvalue weighted by atomic mass is 10.3. The molecule has 0 saturated carbocycles. The van der Waals surface area contributed by atoms with Gasteiger partial charge in [-0.05, 0) is 18.2 Å². The molecular formula is C10H9NO5S. The highest BCUT2D eigenvalue weighted by atomic mass is 32.2. The molecule has 0 radical (unpaired) electrons. The number of nitrogens with zero attached hydrogens (tertiary/aromatic N) is 1. The number of benzene rings is 1. The Balaban J connectivity index is 2.37. The fraction of sp³-hybridized carbons (Fsp3) is 0.200. The summed E-state index contributed by atoms with van der Waals surface area (Å²) in [4.78, 5) is 10.1. The minimum Gasteiger partial charge on any atom is -0.372 e. The van der Waals surface area contributed by atoms with E-state index in [9.17, 15) is 18.5 Å². The maximum absolute atomic E-state index is 12.0. The zero-order chi connectivity index (χ0) is 12.5. The van der Waals surface area contributed by atoms with Crippen LogP contribution >= 0.6 is 0 Å². The van der Waals surface area contributed by atoms with Crippen LogP contribution < -0.4 is 0 Å². The predicted octanol–water partition coefficient (Wildman–Crippen LogP) is 1.28. The summed E-state index contributed by atoms with van der Waals surface area (Å²) >= 11 is 0. The molecule has 0 amide bonds. The summed E-state index contributed by atoms with van der Waals surface area (Å²) in [6.07, 6.45) is 1.50. The van der Waals surface area contributed by atoms with Crippen LogP contribution in [0.25, 0.3) is 0 Å². The zero-order valence-electron chi connectivity index (χ0n) is 8.70. The zero-order valence-corrected chi connectivity index (χ0v) is 9.51. The summed E-state index contributed by atoms with van der Waals surface area (Å²) in [5.41, 5.74) is -0.138. The van der Waals surface area contributed by atoms with Crippen molar-refractivity contribution in [2.45, 2.75) is 4.90 Å². The van der Waals surface area contributed by atoms with Gasteiger partial charge in [-0.1, -0.05) is 0 Å². The molecule has 1 aliphatic rings. The third-order valence-electron chi connectivity index (χ3n) is 2.38. The van der Waals surface area contributed by atoms with E-state index in [2.05, 4.69) is 0 Å². The Kier molecular flexibility index (Phi) is 2.95. The van der Waals surface area contributed by atoms with E-state index >= 15 is 0 Å². The van der Waals surface area contributed by atoms with Gasteiger partial charge in [-0.3, -0.25) is 10.1 Å². The van der Waals surface area contributed by atoms with E-state index in [4.69, 9.17) is 4.74 Å². The van der Waals surface area contributed by atoms with Crippen LogP contribution in [0.4, 0.5) is 5.69 Å². The summed E-state index contributed by atoms with van der Waals surface area (Å²) in [6.45, 7) is 0.334. The van der Waals surface area contributed by atoms with Crippen LogP contribution in [0, 0.1) is 10.1 Å². The number of rotatable bonds is 3. The Bertz CT molecular complexity index is 573. The van der Waals surface area contributed by atoms with Crippen molar-refractivity contribution in [2.24, 2.45) is 0 Å². The lowest BCUT2D eigenvalue weighted by Gasteiger charge is -2.03. The average Bonchev–Trinajstić information content (AvgIpc) is 2.83. The molecule has 1 aromatic carbocycles. The van der Waals surface area contributed by atoms with E-state index in [0.717, 1.165) is 0 Å². The van der Waals surface area contributed by atoms with Crippen LogP contribution in [-0.2, 0) is 14.6 Å². The minimum absolute atomic E-state index is 0.0415. The smallest absolute Gasteiger partial charge is 0.269 e. The molecule has 0 bridgehead atoms. The van der Waals surface area contributed by atoms with Crippen molar-refractivity contribution in [1.29, 1.82) is 0 Å². The van der Waals surface area contributed by atoms with Gasteiger partial charge in [-0.2, -0.15) is 0 Å². The second-order valence-corrected chi connectivity index (χ2v) is 5.44. The number of hydrogen-bond acceptors (Lipinski definition) is 5. The molecule has 0 spiro atoms. The molecule has 7 heteroatoms. The molecule has 0 N–H and O–H groups in total. The molecule has 2 rings (SSSR count). The highest BCUT2D eigenvalue weighted by Crippen LogP contribution is 2.23. The van der Waals surface area contributed by atoms with Crippen molar-refractivity contribution in [1.82, 2.24) is 0 Å². The van der Waals surface area contributed by atoms with Gasteiger partial charge in [-0.15, -0.1) is 0 Å². The fourth-order valence-electron chi connectivity index (χ4n) is 1.46. The first-order valence-corrected chi connectivity index (χ1v) is 6.26. The fourth-order valence-corrected chi connectivity index (χ4v) is 2.78. The molecule has 1 aliphatic heterocycles. The largest absolute Gasteiger partial charge is 0.372 e. The van der Waals surface area contributed by atoms with Gasteiger partial charge >= 0.3 is 0 Å². The van der Waals surface area contributed by atoms with Crippen molar-refractivity contribution < 1.29 is 18.1 Å². The topological polar surface area (TPSA) is 86.5 Å². The highest BCUT2D eigenvalue weighted by Gasteiger charge is 2.23. The van der Waals surface area contributed by atoms with Crippen molar-refractivity contribution in [3.63, 3.8) is 0 Å². The van der Waals surface area contributed by atoms with Gasteiger partial charge in [0.05, 0.1) is 27.9 Å². The quantitative estimate of drug-likeness (QED) is 0.599. The Hall–Kier alpha value is -1.73. The molecule has 90 valence electrons. The van der Waals surface area contributed by atoms with Crippen LogP contribution in [-0.4, -0.2) is 26.6 Å². The molecule has 0 atom stereocenters. The van der Waals surface area contributed by atoms with Crippen LogP contribution in [0.1, 0.15) is 0 Å². The summed E-state index contributed by atoms with van der Waals surface area (Å²) in [7, 11) is -3.57. The summed E-state index contributed by atoms with van der Waals surface area (Å²) < 4.78 is 28.9. The van der Waals surface area contributed by atoms with Crippen molar-refractivity contribution in [3.05, 3.63) is 45.4 Å². The monoisotopic (exact) mass is 255 g/mol. The number of sulfone groups is 1. The number of non-ortho nitro benzene ring substituents is 1. The Morgan fingerprint density at radius 3 is 2.35 bits per heavy atom. The lowest BCUT2D eigenvalue weighted by molar-refractivity contribution is -0.384. The van der Waals surface area contributed by atoms with Gasteiger partial charge in [0.1, 0.15) is 0 Å². The van der Waals surface area contributed by atoms with Crippen molar-refractivity contribution in [2.75, 3.05) is 13.2 Å². The third-order valence-corrected chi connectivity index (χ3v) is 4.24. The third kappa shape index (κ3) is 2.20. The predicted molar refractivity (Wildman–Crippen MR) is 59.2 cm³/mol. The first kappa shape index (κ1) is 11.7. The average molecular weight is 255 g/mol. The van der Waals surface area contributed by atoms with Gasteiger partial charge in [0, 0.05) is 12.1 Å². The number of nitro benzene ring substituents is 1. The minimum atomic E-state index is -3.57. The van der Waals surface area contributed by atoms with Crippen LogP contribution in [0.2, 0.25) is 0 Å². The summed E-state index contributed by atoms with van der Waals surface area (Å²) in [5, 5.41) is 10.4. The van der Waals surface area contributed by atoms with Crippen molar-refractivity contribution >= 4 is 15.5 Å². The van der Waals surface area contributed by atoms with Gasteiger partial charge in [0.15, 0.2) is 0 Å².